The highest BCUT2D eigenvalue weighted by molar-refractivity contribution is 5.25. The molecule has 1 rings (SSSR count). The summed E-state index contributed by atoms with van der Waals surface area (Å²) < 4.78 is 5.16. The maximum Gasteiger partial charge on any atom is 0.137 e. The van der Waals surface area contributed by atoms with Gasteiger partial charge in [-0.1, -0.05) is 13.8 Å². The van der Waals surface area contributed by atoms with E-state index in [4.69, 9.17) is 4.74 Å². The van der Waals surface area contributed by atoms with Gasteiger partial charge in [0.15, 0.2) is 0 Å². The third kappa shape index (κ3) is 3.51. The standard InChI is InChI=1S/C12H20N2O/c1-4-6-14-12(5-2)10-7-11(15-3)9-13-8-10/h7-9,12,14H,4-6H2,1-3H3. The van der Waals surface area contributed by atoms with Gasteiger partial charge in [-0.15, -0.1) is 0 Å². The molecule has 3 heteroatoms. The van der Waals surface area contributed by atoms with Crippen LogP contribution in [0.15, 0.2) is 18.5 Å². The maximum atomic E-state index is 5.16. The second kappa shape index (κ2) is 6.40. The normalized spacial score (nSPS) is 12.5. The second-order valence-electron chi connectivity index (χ2n) is 3.57. The summed E-state index contributed by atoms with van der Waals surface area (Å²) in [4.78, 5) is 4.17. The SMILES string of the molecule is CCCNC(CC)c1cncc(OC)c1. The fourth-order valence-corrected chi connectivity index (χ4v) is 1.55. The topological polar surface area (TPSA) is 34.2 Å². The Kier molecular flexibility index (Phi) is 5.12. The zero-order valence-electron chi connectivity index (χ0n) is 9.79. The monoisotopic (exact) mass is 208 g/mol. The molecule has 0 aliphatic rings. The molecular formula is C12H20N2O. The molecule has 0 fully saturated rings. The third-order valence-corrected chi connectivity index (χ3v) is 2.42. The van der Waals surface area contributed by atoms with E-state index in [0.717, 1.165) is 25.1 Å². The van der Waals surface area contributed by atoms with Crippen molar-refractivity contribution in [3.8, 4) is 5.75 Å². The highest BCUT2D eigenvalue weighted by Crippen LogP contribution is 2.19. The third-order valence-electron chi connectivity index (χ3n) is 2.42. The number of ether oxygens (including phenoxy) is 1. The molecule has 0 aliphatic carbocycles. The predicted octanol–water partition coefficient (Wildman–Crippen LogP) is 2.54. The Morgan fingerprint density at radius 2 is 2.20 bits per heavy atom. The van der Waals surface area contributed by atoms with Crippen molar-refractivity contribution in [3.63, 3.8) is 0 Å². The van der Waals surface area contributed by atoms with Gasteiger partial charge in [-0.05, 0) is 31.0 Å². The summed E-state index contributed by atoms with van der Waals surface area (Å²) in [6, 6.07) is 2.43. The van der Waals surface area contributed by atoms with Crippen LogP contribution in [0.1, 0.15) is 38.3 Å². The minimum Gasteiger partial charge on any atom is -0.495 e. The molecule has 1 heterocycles. The lowest BCUT2D eigenvalue weighted by molar-refractivity contribution is 0.410. The van der Waals surface area contributed by atoms with Crippen LogP contribution in [0.3, 0.4) is 0 Å². The summed E-state index contributed by atoms with van der Waals surface area (Å²) in [6.07, 6.45) is 5.85. The lowest BCUT2D eigenvalue weighted by Crippen LogP contribution is -2.21. The molecule has 0 radical (unpaired) electrons. The molecular weight excluding hydrogens is 188 g/mol. The van der Waals surface area contributed by atoms with Crippen LogP contribution in [0.4, 0.5) is 0 Å². The Labute approximate surface area is 91.9 Å². The van der Waals surface area contributed by atoms with Crippen LogP contribution in [0.5, 0.6) is 5.75 Å². The number of hydrogen-bond donors (Lipinski definition) is 1. The van der Waals surface area contributed by atoms with Gasteiger partial charge in [0.05, 0.1) is 13.3 Å². The van der Waals surface area contributed by atoms with Gasteiger partial charge in [0, 0.05) is 12.2 Å². The van der Waals surface area contributed by atoms with Crippen molar-refractivity contribution < 1.29 is 4.74 Å². The van der Waals surface area contributed by atoms with Crippen molar-refractivity contribution >= 4 is 0 Å². The van der Waals surface area contributed by atoms with Gasteiger partial charge in [0.25, 0.3) is 0 Å². The van der Waals surface area contributed by atoms with E-state index < -0.39 is 0 Å². The summed E-state index contributed by atoms with van der Waals surface area (Å²) in [5.74, 6) is 0.823. The molecule has 0 saturated heterocycles. The average molecular weight is 208 g/mol. The van der Waals surface area contributed by atoms with Crippen molar-refractivity contribution in [2.24, 2.45) is 0 Å². The molecule has 0 aromatic carbocycles. The van der Waals surface area contributed by atoms with E-state index >= 15 is 0 Å². The highest BCUT2D eigenvalue weighted by Gasteiger charge is 2.08. The quantitative estimate of drug-likeness (QED) is 0.780. The Morgan fingerprint density at radius 3 is 2.80 bits per heavy atom. The van der Waals surface area contributed by atoms with E-state index in [1.165, 1.54) is 5.56 Å². The fourth-order valence-electron chi connectivity index (χ4n) is 1.55. The smallest absolute Gasteiger partial charge is 0.137 e. The van der Waals surface area contributed by atoms with Gasteiger partial charge in [-0.3, -0.25) is 4.98 Å². The lowest BCUT2D eigenvalue weighted by atomic mass is 10.1. The van der Waals surface area contributed by atoms with E-state index in [0.29, 0.717) is 6.04 Å². The van der Waals surface area contributed by atoms with E-state index in [1.54, 1.807) is 13.3 Å². The number of aromatic nitrogens is 1. The van der Waals surface area contributed by atoms with Crippen molar-refractivity contribution in [3.05, 3.63) is 24.0 Å². The molecule has 1 N–H and O–H groups in total. The summed E-state index contributed by atoms with van der Waals surface area (Å²) in [5.41, 5.74) is 1.20. The maximum absolute atomic E-state index is 5.16. The number of nitrogens with one attached hydrogen (secondary N) is 1. The Balaban J connectivity index is 2.72. The largest absolute Gasteiger partial charge is 0.495 e. The molecule has 0 aliphatic heterocycles. The molecule has 1 atom stereocenters. The van der Waals surface area contributed by atoms with Gasteiger partial charge in [-0.25, -0.2) is 0 Å². The van der Waals surface area contributed by atoms with E-state index in [1.807, 2.05) is 12.3 Å². The number of pyridine rings is 1. The minimum atomic E-state index is 0.382. The van der Waals surface area contributed by atoms with E-state index in [-0.39, 0.29) is 0 Å². The highest BCUT2D eigenvalue weighted by atomic mass is 16.5. The molecule has 1 aromatic rings. The van der Waals surface area contributed by atoms with Crippen molar-refractivity contribution in [2.75, 3.05) is 13.7 Å². The first kappa shape index (κ1) is 12.0. The van der Waals surface area contributed by atoms with Gasteiger partial charge in [-0.2, -0.15) is 0 Å². The van der Waals surface area contributed by atoms with Crippen LogP contribution in [0.2, 0.25) is 0 Å². The number of methoxy groups -OCH3 is 1. The van der Waals surface area contributed by atoms with Gasteiger partial charge in [0.2, 0.25) is 0 Å². The van der Waals surface area contributed by atoms with Crippen LogP contribution >= 0.6 is 0 Å². The van der Waals surface area contributed by atoms with Crippen molar-refractivity contribution in [1.29, 1.82) is 0 Å². The molecule has 0 bridgehead atoms. The second-order valence-corrected chi connectivity index (χ2v) is 3.57. The molecule has 3 nitrogen and oxygen atoms in total. The van der Waals surface area contributed by atoms with Gasteiger partial charge < -0.3 is 10.1 Å². The van der Waals surface area contributed by atoms with Crippen LogP contribution in [0.25, 0.3) is 0 Å². The summed E-state index contributed by atoms with van der Waals surface area (Å²) in [5, 5.41) is 3.49. The Bertz CT molecular complexity index is 289. The lowest BCUT2D eigenvalue weighted by Gasteiger charge is -2.17. The number of hydrogen-bond acceptors (Lipinski definition) is 3. The number of nitrogens with zero attached hydrogens (tertiary/aromatic N) is 1. The van der Waals surface area contributed by atoms with Crippen molar-refractivity contribution in [1.82, 2.24) is 10.3 Å². The zero-order chi connectivity index (χ0) is 11.1. The average Bonchev–Trinajstić information content (AvgIpc) is 2.30. The van der Waals surface area contributed by atoms with Crippen LogP contribution in [0, 0.1) is 0 Å². The first-order chi connectivity index (χ1) is 7.31. The van der Waals surface area contributed by atoms with Gasteiger partial charge in [0.1, 0.15) is 5.75 Å². The molecule has 0 spiro atoms. The summed E-state index contributed by atoms with van der Waals surface area (Å²) >= 11 is 0. The fraction of sp³-hybridized carbons (Fsp3) is 0.583. The number of rotatable bonds is 6. The molecule has 15 heavy (non-hydrogen) atoms. The van der Waals surface area contributed by atoms with Crippen LogP contribution < -0.4 is 10.1 Å². The zero-order valence-corrected chi connectivity index (χ0v) is 9.79. The minimum absolute atomic E-state index is 0.382. The Morgan fingerprint density at radius 1 is 1.40 bits per heavy atom. The molecule has 1 unspecified atom stereocenters. The van der Waals surface area contributed by atoms with E-state index in [2.05, 4.69) is 24.1 Å². The predicted molar refractivity (Wildman–Crippen MR) is 62.1 cm³/mol. The van der Waals surface area contributed by atoms with Gasteiger partial charge >= 0.3 is 0 Å². The molecule has 0 saturated carbocycles. The summed E-state index contributed by atoms with van der Waals surface area (Å²) in [6.45, 7) is 5.38. The molecule has 0 amide bonds. The first-order valence-electron chi connectivity index (χ1n) is 5.54. The molecule has 1 aromatic heterocycles. The van der Waals surface area contributed by atoms with Crippen LogP contribution in [-0.2, 0) is 0 Å². The Hall–Kier alpha value is -1.09. The molecule has 84 valence electrons. The van der Waals surface area contributed by atoms with Crippen LogP contribution in [-0.4, -0.2) is 18.6 Å². The van der Waals surface area contributed by atoms with Crippen molar-refractivity contribution in [2.45, 2.75) is 32.7 Å². The first-order valence-corrected chi connectivity index (χ1v) is 5.54. The van der Waals surface area contributed by atoms with E-state index in [9.17, 15) is 0 Å². The summed E-state index contributed by atoms with van der Waals surface area (Å²) in [7, 11) is 1.67.